The Hall–Kier alpha value is -2.97. The van der Waals surface area contributed by atoms with Gasteiger partial charge in [0.1, 0.15) is 0 Å². The van der Waals surface area contributed by atoms with Crippen molar-refractivity contribution in [3.05, 3.63) is 34.9 Å². The molecule has 1 atom stereocenters. The molecule has 29 heavy (non-hydrogen) atoms. The van der Waals surface area contributed by atoms with Crippen LogP contribution in [0.4, 0.5) is 0 Å². The molecule has 1 amide bonds. The summed E-state index contributed by atoms with van der Waals surface area (Å²) in [5.74, 6) is 2.24. The van der Waals surface area contributed by atoms with Crippen LogP contribution in [0.15, 0.2) is 15.1 Å². The second-order valence-electron chi connectivity index (χ2n) is 7.61. The van der Waals surface area contributed by atoms with Crippen molar-refractivity contribution in [2.75, 3.05) is 13.1 Å². The van der Waals surface area contributed by atoms with E-state index in [4.69, 9.17) is 9.05 Å². The number of aromatic nitrogens is 5. The van der Waals surface area contributed by atoms with Crippen molar-refractivity contribution in [3.63, 3.8) is 0 Å². The molecule has 154 valence electrons. The first-order valence-corrected chi connectivity index (χ1v) is 10.1. The first kappa shape index (κ1) is 19.4. The van der Waals surface area contributed by atoms with Gasteiger partial charge in [0, 0.05) is 44.7 Å². The number of hydrogen-bond donors (Lipinski definition) is 0. The summed E-state index contributed by atoms with van der Waals surface area (Å²) in [5, 5.41) is 12.5. The maximum absolute atomic E-state index is 12.9. The Bertz CT molecular complexity index is 1020. The van der Waals surface area contributed by atoms with Gasteiger partial charge in [-0.25, -0.2) is 0 Å². The summed E-state index contributed by atoms with van der Waals surface area (Å²) in [6.07, 6.45) is 2.66. The van der Waals surface area contributed by atoms with Crippen LogP contribution in [0.25, 0.3) is 11.3 Å². The number of amides is 1. The lowest BCUT2D eigenvalue weighted by Gasteiger charge is -2.14. The topological polar surface area (TPSA) is 103 Å². The van der Waals surface area contributed by atoms with Crippen LogP contribution in [0, 0.1) is 26.7 Å². The molecule has 1 unspecified atom stereocenters. The lowest BCUT2D eigenvalue weighted by Crippen LogP contribution is -2.29. The van der Waals surface area contributed by atoms with Gasteiger partial charge in [0.2, 0.25) is 5.89 Å². The molecule has 0 N–H and O–H groups in total. The van der Waals surface area contributed by atoms with Gasteiger partial charge in [-0.1, -0.05) is 10.3 Å². The average molecular weight is 398 g/mol. The molecule has 1 aliphatic heterocycles. The van der Waals surface area contributed by atoms with Gasteiger partial charge in [0.15, 0.2) is 17.3 Å². The first-order chi connectivity index (χ1) is 14.0. The van der Waals surface area contributed by atoms with E-state index in [1.165, 1.54) is 0 Å². The summed E-state index contributed by atoms with van der Waals surface area (Å²) < 4.78 is 12.4. The number of carbonyl (C=O) groups is 1. The summed E-state index contributed by atoms with van der Waals surface area (Å²) in [7, 11) is 0. The number of hydrogen-bond acceptors (Lipinski definition) is 7. The van der Waals surface area contributed by atoms with Crippen LogP contribution in [0.2, 0.25) is 0 Å². The van der Waals surface area contributed by atoms with E-state index in [-0.39, 0.29) is 5.91 Å². The zero-order valence-corrected chi connectivity index (χ0v) is 17.3. The number of likely N-dealkylation sites (tertiary alicyclic amines) is 1. The molecule has 4 heterocycles. The van der Waals surface area contributed by atoms with Gasteiger partial charge in [-0.05, 0) is 39.5 Å². The summed E-state index contributed by atoms with van der Waals surface area (Å²) in [6, 6.07) is 1.73. The Labute approximate surface area is 169 Å². The lowest BCUT2D eigenvalue weighted by molar-refractivity contribution is 0.0776. The van der Waals surface area contributed by atoms with E-state index in [2.05, 4.69) is 20.4 Å². The Kier molecular flexibility index (Phi) is 5.21. The standard InChI is InChI=1S/C20H26N6O3/c1-5-26-13(3)19(12(2)22-26)17-10-16(23-29-17)20(27)25-9-8-15(11-25)6-7-18-21-14(4)28-24-18/h10,15H,5-9,11H2,1-4H3. The third-order valence-corrected chi connectivity index (χ3v) is 5.58. The van der Waals surface area contributed by atoms with Gasteiger partial charge >= 0.3 is 0 Å². The number of rotatable bonds is 6. The minimum Gasteiger partial charge on any atom is -0.355 e. The van der Waals surface area contributed by atoms with Gasteiger partial charge in [0.25, 0.3) is 5.91 Å². The molecule has 0 bridgehead atoms. The predicted molar refractivity (Wildman–Crippen MR) is 104 cm³/mol. The first-order valence-electron chi connectivity index (χ1n) is 10.1. The molecule has 0 radical (unpaired) electrons. The molecule has 0 saturated carbocycles. The molecular weight excluding hydrogens is 372 g/mol. The van der Waals surface area contributed by atoms with Crippen molar-refractivity contribution < 1.29 is 13.8 Å². The largest absolute Gasteiger partial charge is 0.355 e. The highest BCUT2D eigenvalue weighted by atomic mass is 16.5. The Morgan fingerprint density at radius 1 is 1.24 bits per heavy atom. The lowest BCUT2D eigenvalue weighted by atomic mass is 10.0. The molecule has 4 rings (SSSR count). The zero-order chi connectivity index (χ0) is 20.5. The highest BCUT2D eigenvalue weighted by Gasteiger charge is 2.29. The fourth-order valence-electron chi connectivity index (χ4n) is 4.05. The van der Waals surface area contributed by atoms with Crippen molar-refractivity contribution in [1.29, 1.82) is 0 Å². The minimum absolute atomic E-state index is 0.0869. The van der Waals surface area contributed by atoms with Crippen LogP contribution < -0.4 is 0 Å². The zero-order valence-electron chi connectivity index (χ0n) is 17.3. The number of nitrogens with zero attached hydrogens (tertiary/aromatic N) is 6. The van der Waals surface area contributed by atoms with Crippen molar-refractivity contribution >= 4 is 5.91 Å². The quantitative estimate of drug-likeness (QED) is 0.629. The van der Waals surface area contributed by atoms with Crippen LogP contribution in [0.3, 0.4) is 0 Å². The van der Waals surface area contributed by atoms with Crippen LogP contribution in [0.5, 0.6) is 0 Å². The summed E-state index contributed by atoms with van der Waals surface area (Å²) in [6.45, 7) is 9.99. The van der Waals surface area contributed by atoms with E-state index in [0.717, 1.165) is 55.1 Å². The SMILES string of the molecule is CCn1nc(C)c(-c2cc(C(=O)N3CCC(CCc4noc(C)n4)C3)no2)c1C. The van der Waals surface area contributed by atoms with Crippen LogP contribution in [-0.2, 0) is 13.0 Å². The fraction of sp³-hybridized carbons (Fsp3) is 0.550. The van der Waals surface area contributed by atoms with Gasteiger partial charge in [-0.15, -0.1) is 0 Å². The van der Waals surface area contributed by atoms with Crippen molar-refractivity contribution in [3.8, 4) is 11.3 Å². The monoisotopic (exact) mass is 398 g/mol. The van der Waals surface area contributed by atoms with E-state index in [1.54, 1.807) is 13.0 Å². The fourth-order valence-corrected chi connectivity index (χ4v) is 4.05. The van der Waals surface area contributed by atoms with E-state index < -0.39 is 0 Å². The van der Waals surface area contributed by atoms with E-state index in [0.29, 0.717) is 29.8 Å². The van der Waals surface area contributed by atoms with Crippen LogP contribution >= 0.6 is 0 Å². The molecule has 1 fully saturated rings. The smallest absolute Gasteiger partial charge is 0.276 e. The normalized spacial score (nSPS) is 16.7. The van der Waals surface area contributed by atoms with Crippen molar-refractivity contribution in [1.82, 2.24) is 30.0 Å². The molecule has 3 aromatic heterocycles. The van der Waals surface area contributed by atoms with Gasteiger partial charge in [-0.2, -0.15) is 10.1 Å². The third kappa shape index (κ3) is 3.81. The summed E-state index contributed by atoms with van der Waals surface area (Å²) in [5.41, 5.74) is 3.14. The van der Waals surface area contributed by atoms with Gasteiger partial charge in [-0.3, -0.25) is 9.48 Å². The maximum Gasteiger partial charge on any atom is 0.276 e. The van der Waals surface area contributed by atoms with E-state index in [9.17, 15) is 4.79 Å². The Morgan fingerprint density at radius 3 is 2.76 bits per heavy atom. The highest BCUT2D eigenvalue weighted by Crippen LogP contribution is 2.29. The molecule has 9 nitrogen and oxygen atoms in total. The predicted octanol–water partition coefficient (Wildman–Crippen LogP) is 2.96. The van der Waals surface area contributed by atoms with Crippen molar-refractivity contribution in [2.45, 2.75) is 53.5 Å². The van der Waals surface area contributed by atoms with Crippen LogP contribution in [-0.4, -0.2) is 49.0 Å². The number of carbonyl (C=O) groups excluding carboxylic acids is 1. The van der Waals surface area contributed by atoms with Crippen molar-refractivity contribution in [2.24, 2.45) is 5.92 Å². The van der Waals surface area contributed by atoms with Gasteiger partial charge < -0.3 is 13.9 Å². The average Bonchev–Trinajstić information content (AvgIpc) is 3.47. The van der Waals surface area contributed by atoms with E-state index >= 15 is 0 Å². The third-order valence-electron chi connectivity index (χ3n) is 5.58. The van der Waals surface area contributed by atoms with Gasteiger partial charge in [0.05, 0.1) is 11.3 Å². The second-order valence-corrected chi connectivity index (χ2v) is 7.61. The Balaban J connectivity index is 1.40. The maximum atomic E-state index is 12.9. The molecule has 0 aliphatic carbocycles. The van der Waals surface area contributed by atoms with Crippen LogP contribution in [0.1, 0.15) is 53.4 Å². The second kappa shape index (κ2) is 7.81. The highest BCUT2D eigenvalue weighted by molar-refractivity contribution is 5.93. The molecular formula is C20H26N6O3. The van der Waals surface area contributed by atoms with E-state index in [1.807, 2.05) is 30.4 Å². The molecule has 1 aliphatic rings. The minimum atomic E-state index is -0.0869. The molecule has 1 saturated heterocycles. The molecule has 3 aromatic rings. The summed E-state index contributed by atoms with van der Waals surface area (Å²) >= 11 is 0. The number of aryl methyl sites for hydroxylation is 4. The Morgan fingerprint density at radius 2 is 2.07 bits per heavy atom. The molecule has 0 aromatic carbocycles. The summed E-state index contributed by atoms with van der Waals surface area (Å²) in [4.78, 5) is 19.0. The molecule has 0 spiro atoms. The molecule has 9 heteroatoms.